The molecule has 4 rings (SSSR count). The van der Waals surface area contributed by atoms with Gasteiger partial charge in [-0.05, 0) is 17.7 Å². The largest absolute Gasteiger partial charge is 0.493 e. The molecule has 0 aliphatic rings. The minimum atomic E-state index is 0.295. The Hall–Kier alpha value is -4.17. The van der Waals surface area contributed by atoms with E-state index in [1.54, 1.807) is 31.8 Å². The summed E-state index contributed by atoms with van der Waals surface area (Å²) in [4.78, 5) is 9.01. The number of nitrogens with two attached hydrogens (primary N) is 1. The van der Waals surface area contributed by atoms with Crippen LogP contribution in [0.2, 0.25) is 0 Å². The van der Waals surface area contributed by atoms with Gasteiger partial charge in [-0.2, -0.15) is 4.98 Å². The molecule has 0 aliphatic heterocycles. The number of benzene rings is 2. The Kier molecular flexibility index (Phi) is 7.29. The molecule has 0 radical (unpaired) electrons. The minimum Gasteiger partial charge on any atom is -0.493 e. The van der Waals surface area contributed by atoms with Crippen LogP contribution >= 0.6 is 0 Å². The van der Waals surface area contributed by atoms with Crippen molar-refractivity contribution in [3.8, 4) is 34.5 Å². The molecule has 0 bridgehead atoms. The molecular formula is C25H25N4O4+. The van der Waals surface area contributed by atoms with Crippen molar-refractivity contribution in [2.24, 2.45) is 0 Å². The lowest BCUT2D eigenvalue weighted by Gasteiger charge is -2.14. The van der Waals surface area contributed by atoms with Crippen LogP contribution in [0.4, 0.5) is 0 Å². The highest BCUT2D eigenvalue weighted by Crippen LogP contribution is 2.35. The average Bonchev–Trinajstić information content (AvgIpc) is 2.86. The van der Waals surface area contributed by atoms with Gasteiger partial charge in [-0.15, -0.1) is 0 Å². The first-order valence-corrected chi connectivity index (χ1v) is 10.4. The smallest absolute Gasteiger partial charge is 0.261 e. The summed E-state index contributed by atoms with van der Waals surface area (Å²) in [5, 5.41) is 0. The topological polar surface area (TPSA) is 92.6 Å². The van der Waals surface area contributed by atoms with Crippen LogP contribution in [0, 0.1) is 0 Å². The molecule has 2 heterocycles. The van der Waals surface area contributed by atoms with Crippen LogP contribution in [0.15, 0.2) is 85.3 Å². The van der Waals surface area contributed by atoms with E-state index in [9.17, 15) is 0 Å². The zero-order chi connectivity index (χ0) is 22.9. The maximum Gasteiger partial charge on any atom is 0.261 e. The predicted octanol–water partition coefficient (Wildman–Crippen LogP) is 3.54. The summed E-state index contributed by atoms with van der Waals surface area (Å²) >= 11 is 0. The molecule has 0 fully saturated rings. The second-order valence-electron chi connectivity index (χ2n) is 7.04. The molecule has 2 aromatic heterocycles. The number of hydrogen-bond donors (Lipinski definition) is 1. The van der Waals surface area contributed by atoms with Crippen molar-refractivity contribution in [2.45, 2.75) is 6.61 Å². The summed E-state index contributed by atoms with van der Waals surface area (Å²) < 4.78 is 24.5. The fourth-order valence-electron chi connectivity index (χ4n) is 3.04. The number of ether oxygens (including phenoxy) is 4. The highest BCUT2D eigenvalue weighted by atomic mass is 16.6. The highest BCUT2D eigenvalue weighted by Gasteiger charge is 2.15. The third kappa shape index (κ3) is 5.96. The number of rotatable bonds is 10. The first kappa shape index (κ1) is 22.0. The van der Waals surface area contributed by atoms with Gasteiger partial charge < -0.3 is 18.9 Å². The second kappa shape index (κ2) is 10.9. The van der Waals surface area contributed by atoms with Crippen LogP contribution in [-0.2, 0) is 11.3 Å². The van der Waals surface area contributed by atoms with Crippen molar-refractivity contribution in [3.05, 3.63) is 90.9 Å². The molecule has 2 aromatic carbocycles. The molecule has 33 heavy (non-hydrogen) atoms. The van der Waals surface area contributed by atoms with Crippen molar-refractivity contribution in [1.29, 1.82) is 0 Å². The van der Waals surface area contributed by atoms with Gasteiger partial charge in [-0.25, -0.2) is 10.8 Å². The van der Waals surface area contributed by atoms with Crippen LogP contribution in [0.1, 0.15) is 5.56 Å². The number of aromatic nitrogens is 3. The van der Waals surface area contributed by atoms with Gasteiger partial charge in [0.15, 0.2) is 29.7 Å². The van der Waals surface area contributed by atoms with E-state index in [0.29, 0.717) is 48.8 Å². The Morgan fingerprint density at radius 1 is 0.848 bits per heavy atom. The zero-order valence-corrected chi connectivity index (χ0v) is 18.3. The van der Waals surface area contributed by atoms with E-state index in [2.05, 4.69) is 9.97 Å². The molecule has 0 unspecified atom stereocenters. The third-order valence-corrected chi connectivity index (χ3v) is 4.70. The monoisotopic (exact) mass is 445 g/mol. The van der Waals surface area contributed by atoms with Gasteiger partial charge >= 0.3 is 0 Å². The summed E-state index contributed by atoms with van der Waals surface area (Å²) in [5.74, 6) is 8.00. The van der Waals surface area contributed by atoms with Crippen LogP contribution in [0.5, 0.6) is 23.1 Å². The van der Waals surface area contributed by atoms with Crippen molar-refractivity contribution in [3.63, 3.8) is 0 Å². The molecule has 0 spiro atoms. The van der Waals surface area contributed by atoms with Crippen molar-refractivity contribution in [2.75, 3.05) is 26.2 Å². The maximum absolute atomic E-state index is 6.03. The zero-order valence-electron chi connectivity index (χ0n) is 18.3. The molecule has 0 atom stereocenters. The summed E-state index contributed by atoms with van der Waals surface area (Å²) in [6.07, 6.45) is 5.02. The summed E-state index contributed by atoms with van der Waals surface area (Å²) in [6.45, 7) is 1.19. The molecule has 168 valence electrons. The molecule has 4 aromatic rings. The predicted molar refractivity (Wildman–Crippen MR) is 122 cm³/mol. The number of para-hydroxylation sites is 2. The normalized spacial score (nSPS) is 10.6. The lowest BCUT2D eigenvalue weighted by Crippen LogP contribution is -2.43. The molecule has 0 amide bonds. The number of hydrogen-bond acceptors (Lipinski definition) is 7. The van der Waals surface area contributed by atoms with Gasteiger partial charge in [0.05, 0.1) is 26.5 Å². The lowest BCUT2D eigenvalue weighted by molar-refractivity contribution is -0.638. The maximum atomic E-state index is 6.03. The standard InChI is InChI=1S/C25H25N4O4/c1-30-21-9-5-6-10-22(21)33-23-17-27-24(20-11-13-29(26)14-12-20)28-25(23)32-16-15-31-18-19-7-3-2-4-8-19/h2-14,17H,15-16,18,26H2,1H3/q+1. The van der Waals surface area contributed by atoms with E-state index in [4.69, 9.17) is 24.8 Å². The summed E-state index contributed by atoms with van der Waals surface area (Å²) in [7, 11) is 1.59. The Morgan fingerprint density at radius 2 is 1.58 bits per heavy atom. The van der Waals surface area contributed by atoms with Crippen LogP contribution < -0.4 is 24.7 Å². The SMILES string of the molecule is COc1ccccc1Oc1cnc(-c2cc[n+](N)cc2)nc1OCCOCc1ccccc1. The molecule has 0 saturated carbocycles. The van der Waals surface area contributed by atoms with Crippen molar-refractivity contribution < 1.29 is 23.6 Å². The minimum absolute atomic E-state index is 0.295. The first-order valence-electron chi connectivity index (χ1n) is 10.4. The Bertz CT molecular complexity index is 1170. The van der Waals surface area contributed by atoms with E-state index >= 15 is 0 Å². The van der Waals surface area contributed by atoms with E-state index < -0.39 is 0 Å². The fourth-order valence-corrected chi connectivity index (χ4v) is 3.04. The number of methoxy groups -OCH3 is 1. The van der Waals surface area contributed by atoms with E-state index in [1.165, 1.54) is 4.68 Å². The van der Waals surface area contributed by atoms with Gasteiger partial charge in [0.25, 0.3) is 5.88 Å². The molecular weight excluding hydrogens is 420 g/mol. The quantitative estimate of drug-likeness (QED) is 0.227. The van der Waals surface area contributed by atoms with Crippen LogP contribution in [-0.4, -0.2) is 30.3 Å². The Balaban J connectivity index is 1.50. The van der Waals surface area contributed by atoms with E-state index in [1.807, 2.05) is 60.7 Å². The molecule has 0 aliphatic carbocycles. The van der Waals surface area contributed by atoms with Crippen LogP contribution in [0.25, 0.3) is 11.4 Å². The Labute approximate surface area is 192 Å². The molecule has 2 N–H and O–H groups in total. The first-order chi connectivity index (χ1) is 16.2. The third-order valence-electron chi connectivity index (χ3n) is 4.70. The van der Waals surface area contributed by atoms with E-state index in [0.717, 1.165) is 11.1 Å². The molecule has 8 nitrogen and oxygen atoms in total. The van der Waals surface area contributed by atoms with Crippen molar-refractivity contribution in [1.82, 2.24) is 9.97 Å². The van der Waals surface area contributed by atoms with Gasteiger partial charge in [0.2, 0.25) is 5.75 Å². The number of nitrogen functional groups attached to an aromatic ring is 1. The van der Waals surface area contributed by atoms with Gasteiger partial charge in [-0.3, -0.25) is 0 Å². The van der Waals surface area contributed by atoms with Crippen molar-refractivity contribution >= 4 is 0 Å². The van der Waals surface area contributed by atoms with Gasteiger partial charge in [0.1, 0.15) is 6.61 Å². The average molecular weight is 445 g/mol. The molecule has 0 saturated heterocycles. The highest BCUT2D eigenvalue weighted by molar-refractivity contribution is 5.55. The second-order valence-corrected chi connectivity index (χ2v) is 7.04. The fraction of sp³-hybridized carbons (Fsp3) is 0.160. The Morgan fingerprint density at radius 3 is 2.33 bits per heavy atom. The van der Waals surface area contributed by atoms with Gasteiger partial charge in [-0.1, -0.05) is 47.1 Å². The lowest BCUT2D eigenvalue weighted by atomic mass is 10.2. The van der Waals surface area contributed by atoms with E-state index in [-0.39, 0.29) is 0 Å². The number of pyridine rings is 1. The number of nitrogens with zero attached hydrogens (tertiary/aromatic N) is 3. The molecule has 8 heteroatoms. The summed E-state index contributed by atoms with van der Waals surface area (Å²) in [6, 6.07) is 21.0. The van der Waals surface area contributed by atoms with Crippen LogP contribution in [0.3, 0.4) is 0 Å². The van der Waals surface area contributed by atoms with Gasteiger partial charge in [0, 0.05) is 17.7 Å². The summed E-state index contributed by atoms with van der Waals surface area (Å²) in [5.41, 5.74) is 1.90.